The minimum absolute atomic E-state index is 0.0185. The summed E-state index contributed by atoms with van der Waals surface area (Å²) in [6.45, 7) is 12.1. The Kier molecular flexibility index (Phi) is 8.50. The van der Waals surface area contributed by atoms with Crippen LogP contribution in [0, 0.1) is 6.92 Å². The molecule has 0 aliphatic rings. The highest BCUT2D eigenvalue weighted by molar-refractivity contribution is 7.85. The third kappa shape index (κ3) is 6.13. The molecule has 4 aromatic rings. The number of carbonyl (C=O) groups is 1. The zero-order chi connectivity index (χ0) is 29.2. The summed E-state index contributed by atoms with van der Waals surface area (Å²) < 4.78 is 13.4. The number of aromatic hydroxyl groups is 2. The lowest BCUT2D eigenvalue weighted by Crippen LogP contribution is -2.15. The largest absolute Gasteiger partial charge is 0.507 e. The second-order valence-electron chi connectivity index (χ2n) is 11.4. The number of phenols is 2. The number of benzene rings is 4. The maximum Gasteiger partial charge on any atom is 0.259 e. The molecular weight excluding hydrogens is 518 g/mol. The van der Waals surface area contributed by atoms with Crippen LogP contribution in [0.1, 0.15) is 78.7 Å². The first kappa shape index (κ1) is 29.1. The van der Waals surface area contributed by atoms with E-state index in [0.717, 1.165) is 16.0 Å². The normalized spacial score (nSPS) is 12.4. The van der Waals surface area contributed by atoms with Gasteiger partial charge in [0.2, 0.25) is 0 Å². The number of rotatable bonds is 7. The Balaban J connectivity index is 1.58. The van der Waals surface area contributed by atoms with E-state index in [4.69, 9.17) is 0 Å². The molecule has 1 unspecified atom stereocenters. The molecule has 0 aliphatic heterocycles. The van der Waals surface area contributed by atoms with Gasteiger partial charge in [0, 0.05) is 27.5 Å². The molecule has 0 heterocycles. The van der Waals surface area contributed by atoms with Gasteiger partial charge in [-0.15, -0.1) is 0 Å². The van der Waals surface area contributed by atoms with Gasteiger partial charge in [-0.05, 0) is 76.9 Å². The zero-order valence-corrected chi connectivity index (χ0v) is 24.7. The summed E-state index contributed by atoms with van der Waals surface area (Å²) in [5.41, 5.74) is 4.51. The molecule has 0 bridgehead atoms. The fourth-order valence-corrected chi connectivity index (χ4v) is 6.29. The lowest BCUT2D eigenvalue weighted by molar-refractivity contribution is 0.102. The average molecular weight is 556 g/mol. The maximum atomic E-state index is 13.4. The molecular formula is C34H37NO4S. The van der Waals surface area contributed by atoms with E-state index in [1.165, 1.54) is 5.56 Å². The third-order valence-corrected chi connectivity index (χ3v) is 8.57. The van der Waals surface area contributed by atoms with Gasteiger partial charge in [0.05, 0.1) is 16.4 Å². The van der Waals surface area contributed by atoms with Crippen molar-refractivity contribution in [3.05, 3.63) is 112 Å². The first-order valence-electron chi connectivity index (χ1n) is 13.4. The minimum atomic E-state index is -1.38. The Morgan fingerprint density at radius 1 is 0.875 bits per heavy atom. The van der Waals surface area contributed by atoms with Crippen LogP contribution in [0.4, 0.5) is 5.69 Å². The molecule has 0 fully saturated rings. The minimum Gasteiger partial charge on any atom is -0.507 e. The van der Waals surface area contributed by atoms with Crippen molar-refractivity contribution in [1.82, 2.24) is 0 Å². The molecule has 3 N–H and O–H groups in total. The standard InChI is InChI=1S/C34H37NO4S/c1-21(2)27-12-8-7-11-23(27)19-24-20-28(32(37)22(3)31(24)36)33(38)35-25-15-17-26(18-16-25)40(39)30-14-10-9-13-29(30)34(4,5)6/h7-18,20-21,36-37H,19H2,1-6H3,(H,35,38). The van der Waals surface area contributed by atoms with Crippen LogP contribution in [-0.2, 0) is 22.6 Å². The van der Waals surface area contributed by atoms with Gasteiger partial charge in [-0.2, -0.15) is 0 Å². The Morgan fingerprint density at radius 3 is 2.15 bits per heavy atom. The molecule has 40 heavy (non-hydrogen) atoms. The number of carbonyl (C=O) groups excluding carboxylic acids is 1. The predicted octanol–water partition coefficient (Wildman–Crippen LogP) is 7.84. The SMILES string of the molecule is Cc1c(O)c(Cc2ccccc2C(C)C)cc(C(=O)Nc2ccc(S(=O)c3ccccc3C(C)(C)C)cc2)c1O. The fourth-order valence-electron chi connectivity index (χ4n) is 4.87. The zero-order valence-electron chi connectivity index (χ0n) is 23.9. The molecule has 4 aromatic carbocycles. The van der Waals surface area contributed by atoms with E-state index in [0.29, 0.717) is 28.5 Å². The van der Waals surface area contributed by atoms with E-state index in [1.807, 2.05) is 42.5 Å². The first-order valence-corrected chi connectivity index (χ1v) is 14.6. The summed E-state index contributed by atoms with van der Waals surface area (Å²) in [6, 6.07) is 24.2. The van der Waals surface area contributed by atoms with E-state index in [2.05, 4.69) is 46.0 Å². The number of nitrogens with one attached hydrogen (secondary N) is 1. The number of amides is 1. The van der Waals surface area contributed by atoms with E-state index in [9.17, 15) is 19.2 Å². The van der Waals surface area contributed by atoms with Crippen molar-refractivity contribution in [3.8, 4) is 11.5 Å². The molecule has 4 rings (SSSR count). The number of hydrogen-bond donors (Lipinski definition) is 3. The second kappa shape index (κ2) is 11.7. The van der Waals surface area contributed by atoms with Crippen molar-refractivity contribution in [2.75, 3.05) is 5.32 Å². The average Bonchev–Trinajstić information content (AvgIpc) is 2.93. The highest BCUT2D eigenvalue weighted by Gasteiger charge is 2.23. The van der Waals surface area contributed by atoms with Crippen LogP contribution >= 0.6 is 0 Å². The molecule has 1 atom stereocenters. The van der Waals surface area contributed by atoms with Crippen LogP contribution in [0.15, 0.2) is 88.7 Å². The molecule has 0 aliphatic carbocycles. The molecule has 0 radical (unpaired) electrons. The predicted molar refractivity (Wildman–Crippen MR) is 162 cm³/mol. The molecule has 208 valence electrons. The van der Waals surface area contributed by atoms with Crippen molar-refractivity contribution in [2.45, 2.75) is 69.1 Å². The van der Waals surface area contributed by atoms with Crippen molar-refractivity contribution >= 4 is 22.4 Å². The summed E-state index contributed by atoms with van der Waals surface area (Å²) in [4.78, 5) is 14.7. The third-order valence-electron chi connectivity index (χ3n) is 7.11. The number of hydrogen-bond acceptors (Lipinski definition) is 4. The van der Waals surface area contributed by atoms with Gasteiger partial charge >= 0.3 is 0 Å². The highest BCUT2D eigenvalue weighted by atomic mass is 32.2. The lowest BCUT2D eigenvalue weighted by Gasteiger charge is -2.22. The smallest absolute Gasteiger partial charge is 0.259 e. The van der Waals surface area contributed by atoms with Gasteiger partial charge in [0.15, 0.2) is 0 Å². The van der Waals surface area contributed by atoms with E-state index >= 15 is 0 Å². The Bertz CT molecular complexity index is 1570. The first-order chi connectivity index (χ1) is 18.9. The summed E-state index contributed by atoms with van der Waals surface area (Å²) in [6.07, 6.45) is 0.429. The van der Waals surface area contributed by atoms with Crippen LogP contribution in [0.5, 0.6) is 11.5 Å². The second-order valence-corrected chi connectivity index (χ2v) is 12.9. The Morgan fingerprint density at radius 2 is 1.50 bits per heavy atom. The maximum absolute atomic E-state index is 13.4. The van der Waals surface area contributed by atoms with E-state index in [1.54, 1.807) is 37.3 Å². The fraction of sp³-hybridized carbons (Fsp3) is 0.265. The Labute approximate surface area is 239 Å². The van der Waals surface area contributed by atoms with Gasteiger partial charge in [0.25, 0.3) is 5.91 Å². The number of anilines is 1. The van der Waals surface area contributed by atoms with Gasteiger partial charge in [-0.25, -0.2) is 4.21 Å². The molecule has 0 aromatic heterocycles. The molecule has 6 heteroatoms. The molecule has 1 amide bonds. The monoisotopic (exact) mass is 555 g/mol. The van der Waals surface area contributed by atoms with E-state index in [-0.39, 0.29) is 28.0 Å². The van der Waals surface area contributed by atoms with Crippen molar-refractivity contribution in [2.24, 2.45) is 0 Å². The van der Waals surface area contributed by atoms with Crippen LogP contribution in [0.2, 0.25) is 0 Å². The summed E-state index contributed by atoms with van der Waals surface area (Å²) in [5.74, 6) is -0.466. The summed E-state index contributed by atoms with van der Waals surface area (Å²) >= 11 is 0. The van der Waals surface area contributed by atoms with Gasteiger partial charge in [-0.3, -0.25) is 4.79 Å². The number of phenolic OH excluding ortho intramolecular Hbond substituents is 2. The van der Waals surface area contributed by atoms with Gasteiger partial charge < -0.3 is 15.5 Å². The van der Waals surface area contributed by atoms with Crippen LogP contribution in [-0.4, -0.2) is 20.3 Å². The quantitative estimate of drug-likeness (QED) is 0.217. The highest BCUT2D eigenvalue weighted by Crippen LogP contribution is 2.36. The summed E-state index contributed by atoms with van der Waals surface area (Å²) in [5, 5.41) is 24.4. The molecule has 0 saturated carbocycles. The van der Waals surface area contributed by atoms with Crippen molar-refractivity contribution in [1.29, 1.82) is 0 Å². The van der Waals surface area contributed by atoms with Crippen LogP contribution in [0.3, 0.4) is 0 Å². The molecule has 0 spiro atoms. The van der Waals surface area contributed by atoms with Crippen LogP contribution < -0.4 is 5.32 Å². The van der Waals surface area contributed by atoms with Crippen molar-refractivity contribution < 1.29 is 19.2 Å². The molecule has 0 saturated heterocycles. The molecule has 5 nitrogen and oxygen atoms in total. The topological polar surface area (TPSA) is 86.6 Å². The van der Waals surface area contributed by atoms with E-state index < -0.39 is 16.7 Å². The lowest BCUT2D eigenvalue weighted by atomic mass is 9.87. The summed E-state index contributed by atoms with van der Waals surface area (Å²) in [7, 11) is -1.38. The van der Waals surface area contributed by atoms with Crippen LogP contribution in [0.25, 0.3) is 0 Å². The van der Waals surface area contributed by atoms with Gasteiger partial charge in [-0.1, -0.05) is 77.1 Å². The Hall–Kier alpha value is -3.90. The van der Waals surface area contributed by atoms with Crippen molar-refractivity contribution in [3.63, 3.8) is 0 Å². The van der Waals surface area contributed by atoms with Gasteiger partial charge in [0.1, 0.15) is 11.5 Å².